The molecule has 1 aromatic carbocycles. The number of allylic oxidation sites excluding steroid dienone is 2. The number of dihydropyridines is 1. The van der Waals surface area contributed by atoms with Crippen LogP contribution in [0.25, 0.3) is 0 Å². The van der Waals surface area contributed by atoms with Crippen molar-refractivity contribution in [1.82, 2.24) is 5.32 Å². The lowest BCUT2D eigenvalue weighted by molar-refractivity contribution is -0.139. The Morgan fingerprint density at radius 2 is 1.89 bits per heavy atom. The summed E-state index contributed by atoms with van der Waals surface area (Å²) in [5, 5.41) is 21.0. The van der Waals surface area contributed by atoms with Crippen molar-refractivity contribution in [2.75, 3.05) is 6.61 Å². The van der Waals surface area contributed by atoms with Crippen LogP contribution in [0.3, 0.4) is 0 Å². The number of carbonyl (C=O) groups excluding carboxylic acids is 1. The van der Waals surface area contributed by atoms with Crippen LogP contribution in [0.4, 0.5) is 13.2 Å². The number of alkyl halides is 3. The Morgan fingerprint density at radius 1 is 1.25 bits per heavy atom. The molecule has 0 amide bonds. The SMILES string of the molecule is CC1=C(C(=O)O)C(c2cccc(C(F)(F)F)c2)C(C(=O)OCCC#N)=C(C)N1. The number of aliphatic carboxylic acids is 1. The summed E-state index contributed by atoms with van der Waals surface area (Å²) in [5.41, 5.74) is -0.842. The molecule has 1 atom stereocenters. The normalized spacial score (nSPS) is 17.1. The number of nitrogens with one attached hydrogen (secondary N) is 1. The zero-order valence-corrected chi connectivity index (χ0v) is 15.1. The van der Waals surface area contributed by atoms with Gasteiger partial charge in [-0.25, -0.2) is 9.59 Å². The van der Waals surface area contributed by atoms with Gasteiger partial charge in [0.2, 0.25) is 0 Å². The van der Waals surface area contributed by atoms with Crippen molar-refractivity contribution in [1.29, 1.82) is 5.26 Å². The molecule has 0 saturated carbocycles. The third kappa shape index (κ3) is 4.34. The Bertz CT molecular complexity index is 910. The topological polar surface area (TPSA) is 99.4 Å². The lowest BCUT2D eigenvalue weighted by atomic mass is 9.80. The fraction of sp³-hybridized carbons (Fsp3) is 0.316. The van der Waals surface area contributed by atoms with Gasteiger partial charge in [-0.1, -0.05) is 18.2 Å². The summed E-state index contributed by atoms with van der Waals surface area (Å²) in [7, 11) is 0. The van der Waals surface area contributed by atoms with Crippen molar-refractivity contribution in [3.8, 4) is 6.07 Å². The summed E-state index contributed by atoms with van der Waals surface area (Å²) in [6.07, 6.45) is -4.70. The molecule has 9 heteroatoms. The number of carboxylic acids is 1. The smallest absolute Gasteiger partial charge is 0.416 e. The first-order valence-electron chi connectivity index (χ1n) is 8.21. The number of halogens is 3. The Labute approximate surface area is 158 Å². The van der Waals surface area contributed by atoms with Crippen LogP contribution in [0.5, 0.6) is 0 Å². The van der Waals surface area contributed by atoms with Crippen LogP contribution in [0.1, 0.15) is 37.3 Å². The van der Waals surface area contributed by atoms with E-state index in [0.717, 1.165) is 18.2 Å². The van der Waals surface area contributed by atoms with Gasteiger partial charge in [-0.05, 0) is 25.5 Å². The fourth-order valence-corrected chi connectivity index (χ4v) is 3.04. The fourth-order valence-electron chi connectivity index (χ4n) is 3.04. The second-order valence-electron chi connectivity index (χ2n) is 6.11. The Kier molecular flexibility index (Phi) is 6.13. The number of carbonyl (C=O) groups is 2. The minimum atomic E-state index is -4.63. The van der Waals surface area contributed by atoms with Crippen molar-refractivity contribution in [2.24, 2.45) is 0 Å². The first-order chi connectivity index (χ1) is 13.1. The summed E-state index contributed by atoms with van der Waals surface area (Å²) >= 11 is 0. The zero-order chi connectivity index (χ0) is 21.1. The van der Waals surface area contributed by atoms with Crippen LogP contribution in [0.15, 0.2) is 46.8 Å². The number of rotatable bonds is 5. The molecule has 0 aromatic heterocycles. The molecule has 28 heavy (non-hydrogen) atoms. The molecule has 2 N–H and O–H groups in total. The first-order valence-corrected chi connectivity index (χ1v) is 8.21. The van der Waals surface area contributed by atoms with E-state index in [1.165, 1.54) is 19.9 Å². The van der Waals surface area contributed by atoms with Gasteiger partial charge in [-0.3, -0.25) is 0 Å². The second kappa shape index (κ2) is 8.17. The lowest BCUT2D eigenvalue weighted by Crippen LogP contribution is -2.32. The molecule has 0 fully saturated rings. The van der Waals surface area contributed by atoms with E-state index in [9.17, 15) is 27.9 Å². The summed E-state index contributed by atoms with van der Waals surface area (Å²) < 4.78 is 44.4. The molecular formula is C19H17F3N2O4. The number of nitrogens with zero attached hydrogens (tertiary/aromatic N) is 1. The molecule has 0 bridgehead atoms. The van der Waals surface area contributed by atoms with E-state index in [-0.39, 0.29) is 41.1 Å². The van der Waals surface area contributed by atoms with E-state index in [0.29, 0.717) is 0 Å². The number of esters is 1. The van der Waals surface area contributed by atoms with E-state index in [4.69, 9.17) is 10.00 Å². The average molecular weight is 394 g/mol. The number of benzene rings is 1. The quantitative estimate of drug-likeness (QED) is 0.586. The van der Waals surface area contributed by atoms with Gasteiger partial charge in [0, 0.05) is 11.4 Å². The van der Waals surface area contributed by atoms with Crippen molar-refractivity contribution in [3.63, 3.8) is 0 Å². The highest BCUT2D eigenvalue weighted by atomic mass is 19.4. The van der Waals surface area contributed by atoms with Gasteiger partial charge >= 0.3 is 18.1 Å². The van der Waals surface area contributed by atoms with E-state index in [1.807, 2.05) is 0 Å². The number of hydrogen-bond acceptors (Lipinski definition) is 5. The summed E-state index contributed by atoms with van der Waals surface area (Å²) in [4.78, 5) is 24.4. The molecule has 0 aliphatic carbocycles. The molecule has 0 radical (unpaired) electrons. The predicted octanol–water partition coefficient (Wildman–Crippen LogP) is 3.48. The van der Waals surface area contributed by atoms with E-state index in [2.05, 4.69) is 5.32 Å². The van der Waals surface area contributed by atoms with Gasteiger partial charge in [0.05, 0.1) is 35.1 Å². The number of ether oxygens (including phenoxy) is 1. The van der Waals surface area contributed by atoms with E-state index in [1.54, 1.807) is 6.07 Å². The van der Waals surface area contributed by atoms with Crippen LogP contribution in [-0.2, 0) is 20.5 Å². The molecule has 1 unspecified atom stereocenters. The highest BCUT2D eigenvalue weighted by Gasteiger charge is 2.38. The maximum atomic E-state index is 13.1. The van der Waals surface area contributed by atoms with Crippen molar-refractivity contribution >= 4 is 11.9 Å². The third-order valence-electron chi connectivity index (χ3n) is 4.20. The van der Waals surface area contributed by atoms with Gasteiger partial charge in [0.25, 0.3) is 0 Å². The highest BCUT2D eigenvalue weighted by Crippen LogP contribution is 2.40. The molecule has 148 valence electrons. The molecule has 2 rings (SSSR count). The van der Waals surface area contributed by atoms with Crippen LogP contribution in [0, 0.1) is 11.3 Å². The van der Waals surface area contributed by atoms with Crippen molar-refractivity contribution < 1.29 is 32.6 Å². The van der Waals surface area contributed by atoms with Crippen LogP contribution in [0.2, 0.25) is 0 Å². The van der Waals surface area contributed by atoms with Gasteiger partial charge in [0.15, 0.2) is 0 Å². The van der Waals surface area contributed by atoms with Crippen molar-refractivity contribution in [2.45, 2.75) is 32.4 Å². The van der Waals surface area contributed by atoms with Crippen LogP contribution < -0.4 is 5.32 Å². The zero-order valence-electron chi connectivity index (χ0n) is 15.1. The van der Waals surface area contributed by atoms with E-state index >= 15 is 0 Å². The van der Waals surface area contributed by atoms with E-state index < -0.39 is 29.6 Å². The molecule has 0 saturated heterocycles. The molecule has 6 nitrogen and oxygen atoms in total. The molecule has 1 heterocycles. The predicted molar refractivity (Wildman–Crippen MR) is 91.5 cm³/mol. The van der Waals surface area contributed by atoms with Gasteiger partial charge in [0.1, 0.15) is 6.61 Å². The number of hydrogen-bond donors (Lipinski definition) is 2. The maximum absolute atomic E-state index is 13.1. The molecule has 0 spiro atoms. The average Bonchev–Trinajstić information content (AvgIpc) is 2.60. The largest absolute Gasteiger partial charge is 0.478 e. The van der Waals surface area contributed by atoms with Crippen LogP contribution >= 0.6 is 0 Å². The first kappa shape index (κ1) is 21.0. The standard InChI is InChI=1S/C19H17F3N2O4/c1-10-14(17(25)26)16(12-5-3-6-13(9-12)19(20,21)22)15(11(2)24-10)18(27)28-8-4-7-23/h3,5-6,9,16,24H,4,8H2,1-2H3,(H,25,26). The molecule has 1 aliphatic heterocycles. The Hall–Kier alpha value is -3.28. The number of carboxylic acid groups (broad SMARTS) is 1. The van der Waals surface area contributed by atoms with Gasteiger partial charge < -0.3 is 15.2 Å². The maximum Gasteiger partial charge on any atom is 0.416 e. The highest BCUT2D eigenvalue weighted by molar-refractivity contribution is 5.99. The van der Waals surface area contributed by atoms with Crippen molar-refractivity contribution in [3.05, 3.63) is 57.9 Å². The Balaban J connectivity index is 2.61. The van der Waals surface area contributed by atoms with Gasteiger partial charge in [-0.2, -0.15) is 18.4 Å². The lowest BCUT2D eigenvalue weighted by Gasteiger charge is -2.30. The second-order valence-corrected chi connectivity index (χ2v) is 6.11. The summed E-state index contributed by atoms with van der Waals surface area (Å²) in [5.74, 6) is -3.52. The summed E-state index contributed by atoms with van der Waals surface area (Å²) in [6, 6.07) is 5.97. The molecule has 1 aromatic rings. The Morgan fingerprint density at radius 3 is 2.46 bits per heavy atom. The van der Waals surface area contributed by atoms with Crippen LogP contribution in [-0.4, -0.2) is 23.7 Å². The number of nitriles is 1. The monoisotopic (exact) mass is 394 g/mol. The summed E-state index contributed by atoms with van der Waals surface area (Å²) in [6.45, 7) is 2.75. The molecule has 1 aliphatic rings. The molecular weight excluding hydrogens is 377 g/mol. The minimum Gasteiger partial charge on any atom is -0.478 e. The van der Waals surface area contributed by atoms with Gasteiger partial charge in [-0.15, -0.1) is 0 Å². The third-order valence-corrected chi connectivity index (χ3v) is 4.20. The minimum absolute atomic E-state index is 0.000316.